The molecule has 0 spiro atoms. The van der Waals surface area contributed by atoms with E-state index in [4.69, 9.17) is 14.5 Å². The third-order valence-electron chi connectivity index (χ3n) is 4.34. The Balaban J connectivity index is 1.67. The van der Waals surface area contributed by atoms with Gasteiger partial charge in [-0.25, -0.2) is 4.98 Å². The van der Waals surface area contributed by atoms with Gasteiger partial charge in [0.2, 0.25) is 6.79 Å². The van der Waals surface area contributed by atoms with Crippen molar-refractivity contribution in [3.8, 4) is 11.5 Å². The zero-order valence-corrected chi connectivity index (χ0v) is 13.4. The summed E-state index contributed by atoms with van der Waals surface area (Å²) in [5, 5.41) is 9.21. The molecule has 0 atom stereocenters. The summed E-state index contributed by atoms with van der Waals surface area (Å²) < 4.78 is 13.1. The predicted molar refractivity (Wildman–Crippen MR) is 91.4 cm³/mol. The Labute approximate surface area is 140 Å². The molecular weight excluding hydrogens is 304 g/mol. The molecule has 0 bridgehead atoms. The summed E-state index contributed by atoms with van der Waals surface area (Å²) in [6.07, 6.45) is 2.50. The molecule has 0 amide bonds. The Bertz CT molecular complexity index is 843. The van der Waals surface area contributed by atoms with Crippen LogP contribution in [0.3, 0.4) is 0 Å². The van der Waals surface area contributed by atoms with Crippen LogP contribution in [0, 0.1) is 0 Å². The average molecular weight is 324 g/mol. The maximum atomic E-state index is 9.21. The number of fused-ring (bicyclic) bond motifs is 2. The number of nitrogens with zero attached hydrogens (tertiary/aromatic N) is 2. The van der Waals surface area contributed by atoms with Crippen LogP contribution >= 0.6 is 0 Å². The molecule has 2 aromatic carbocycles. The van der Waals surface area contributed by atoms with Crippen LogP contribution in [0.25, 0.3) is 11.0 Å². The van der Waals surface area contributed by atoms with Crippen LogP contribution in [0.5, 0.6) is 11.5 Å². The van der Waals surface area contributed by atoms with Crippen LogP contribution in [-0.2, 0) is 19.4 Å². The van der Waals surface area contributed by atoms with E-state index >= 15 is 0 Å². The summed E-state index contributed by atoms with van der Waals surface area (Å²) in [6, 6.07) is 14.4. The Kier molecular flexibility index (Phi) is 4.09. The minimum absolute atomic E-state index is 0.169. The molecule has 4 rings (SSSR count). The normalized spacial score (nSPS) is 12.9. The van der Waals surface area contributed by atoms with Crippen molar-refractivity contribution in [3.05, 3.63) is 53.9 Å². The van der Waals surface area contributed by atoms with Crippen molar-refractivity contribution >= 4 is 11.0 Å². The Morgan fingerprint density at radius 2 is 1.83 bits per heavy atom. The number of imidazole rings is 1. The highest BCUT2D eigenvalue weighted by Gasteiger charge is 2.19. The number of aliphatic hydroxyl groups is 1. The largest absolute Gasteiger partial charge is 0.454 e. The molecule has 0 aliphatic carbocycles. The molecule has 2 heterocycles. The van der Waals surface area contributed by atoms with Crippen molar-refractivity contribution in [2.45, 2.75) is 25.8 Å². The zero-order chi connectivity index (χ0) is 16.4. The quantitative estimate of drug-likeness (QED) is 0.757. The molecule has 0 saturated carbocycles. The van der Waals surface area contributed by atoms with Crippen LogP contribution < -0.4 is 9.47 Å². The standard InChI is InChI=1S/C19H20N2O3/c22-10-4-9-21-16-12-18-17(23-13-24-18)11-15(16)20-19(21)8-7-14-5-2-1-3-6-14/h1-3,5-6,11-12,22H,4,7-10,13H2. The van der Waals surface area contributed by atoms with Gasteiger partial charge in [0.1, 0.15) is 5.82 Å². The van der Waals surface area contributed by atoms with Crippen LogP contribution in [0.15, 0.2) is 42.5 Å². The van der Waals surface area contributed by atoms with Gasteiger partial charge in [0, 0.05) is 31.7 Å². The van der Waals surface area contributed by atoms with Gasteiger partial charge in [0.05, 0.1) is 11.0 Å². The molecule has 0 saturated heterocycles. The molecule has 1 aliphatic heterocycles. The monoisotopic (exact) mass is 324 g/mol. The number of rotatable bonds is 6. The zero-order valence-electron chi connectivity index (χ0n) is 13.4. The van der Waals surface area contributed by atoms with Crippen molar-refractivity contribution in [1.29, 1.82) is 0 Å². The Morgan fingerprint density at radius 1 is 1.04 bits per heavy atom. The number of aliphatic hydroxyl groups excluding tert-OH is 1. The van der Waals surface area contributed by atoms with Gasteiger partial charge >= 0.3 is 0 Å². The minimum atomic E-state index is 0.169. The van der Waals surface area contributed by atoms with Crippen molar-refractivity contribution in [3.63, 3.8) is 0 Å². The maximum absolute atomic E-state index is 9.21. The van der Waals surface area contributed by atoms with E-state index in [0.717, 1.165) is 47.7 Å². The van der Waals surface area contributed by atoms with E-state index in [1.54, 1.807) is 0 Å². The lowest BCUT2D eigenvalue weighted by Gasteiger charge is -2.09. The van der Waals surface area contributed by atoms with Crippen molar-refractivity contribution in [2.75, 3.05) is 13.4 Å². The molecule has 3 aromatic rings. The molecular formula is C19H20N2O3. The second-order valence-corrected chi connectivity index (χ2v) is 5.94. The second kappa shape index (κ2) is 6.53. The first-order chi connectivity index (χ1) is 11.8. The summed E-state index contributed by atoms with van der Waals surface area (Å²) in [4.78, 5) is 4.80. The molecule has 1 aliphatic rings. The Hall–Kier alpha value is -2.53. The van der Waals surface area contributed by atoms with E-state index in [2.05, 4.69) is 28.8 Å². The van der Waals surface area contributed by atoms with E-state index in [9.17, 15) is 5.11 Å². The first-order valence-electron chi connectivity index (χ1n) is 8.28. The molecule has 5 heteroatoms. The SMILES string of the molecule is OCCCn1c(CCc2ccccc2)nc2cc3c(cc21)OCO3. The van der Waals surface area contributed by atoms with Gasteiger partial charge in [-0.1, -0.05) is 30.3 Å². The fraction of sp³-hybridized carbons (Fsp3) is 0.316. The number of hydrogen-bond donors (Lipinski definition) is 1. The number of benzene rings is 2. The van der Waals surface area contributed by atoms with Gasteiger partial charge in [-0.15, -0.1) is 0 Å². The first kappa shape index (κ1) is 15.0. The average Bonchev–Trinajstić information content (AvgIpc) is 3.20. The second-order valence-electron chi connectivity index (χ2n) is 5.94. The van der Waals surface area contributed by atoms with E-state index in [-0.39, 0.29) is 13.4 Å². The van der Waals surface area contributed by atoms with Gasteiger partial charge in [-0.3, -0.25) is 0 Å². The lowest BCUT2D eigenvalue weighted by atomic mass is 10.1. The highest BCUT2D eigenvalue weighted by atomic mass is 16.7. The molecule has 0 unspecified atom stereocenters. The third-order valence-corrected chi connectivity index (χ3v) is 4.34. The van der Waals surface area contributed by atoms with Crippen molar-refractivity contribution < 1.29 is 14.6 Å². The topological polar surface area (TPSA) is 56.5 Å². The van der Waals surface area contributed by atoms with Gasteiger partial charge in [0.25, 0.3) is 0 Å². The third kappa shape index (κ3) is 2.83. The Morgan fingerprint density at radius 3 is 2.62 bits per heavy atom. The molecule has 1 N–H and O–H groups in total. The summed E-state index contributed by atoms with van der Waals surface area (Å²) in [5.74, 6) is 2.55. The summed E-state index contributed by atoms with van der Waals surface area (Å²) in [5.41, 5.74) is 3.25. The summed E-state index contributed by atoms with van der Waals surface area (Å²) >= 11 is 0. The summed E-state index contributed by atoms with van der Waals surface area (Å²) in [7, 11) is 0. The van der Waals surface area contributed by atoms with Crippen LogP contribution in [0.1, 0.15) is 17.8 Å². The molecule has 24 heavy (non-hydrogen) atoms. The van der Waals surface area contributed by atoms with Crippen LogP contribution in [-0.4, -0.2) is 28.1 Å². The minimum Gasteiger partial charge on any atom is -0.454 e. The van der Waals surface area contributed by atoms with Gasteiger partial charge < -0.3 is 19.1 Å². The smallest absolute Gasteiger partial charge is 0.231 e. The number of hydrogen-bond acceptors (Lipinski definition) is 4. The lowest BCUT2D eigenvalue weighted by Crippen LogP contribution is -2.07. The number of ether oxygens (including phenoxy) is 2. The molecule has 5 nitrogen and oxygen atoms in total. The molecule has 124 valence electrons. The van der Waals surface area contributed by atoms with Gasteiger partial charge in [-0.05, 0) is 18.4 Å². The van der Waals surface area contributed by atoms with Gasteiger partial charge in [-0.2, -0.15) is 0 Å². The summed E-state index contributed by atoms with van der Waals surface area (Å²) in [6.45, 7) is 1.18. The first-order valence-corrected chi connectivity index (χ1v) is 8.28. The van der Waals surface area contributed by atoms with E-state index in [1.165, 1.54) is 5.56 Å². The maximum Gasteiger partial charge on any atom is 0.231 e. The number of aryl methyl sites for hydroxylation is 3. The highest BCUT2D eigenvalue weighted by molar-refractivity contribution is 5.81. The molecule has 0 fully saturated rings. The van der Waals surface area contributed by atoms with Crippen LogP contribution in [0.2, 0.25) is 0 Å². The number of aromatic nitrogens is 2. The molecule has 0 radical (unpaired) electrons. The van der Waals surface area contributed by atoms with Crippen molar-refractivity contribution in [1.82, 2.24) is 9.55 Å². The van der Waals surface area contributed by atoms with Gasteiger partial charge in [0.15, 0.2) is 11.5 Å². The van der Waals surface area contributed by atoms with Crippen LogP contribution in [0.4, 0.5) is 0 Å². The van der Waals surface area contributed by atoms with E-state index < -0.39 is 0 Å². The fourth-order valence-corrected chi connectivity index (χ4v) is 3.13. The fourth-order valence-electron chi connectivity index (χ4n) is 3.13. The van der Waals surface area contributed by atoms with Crippen molar-refractivity contribution in [2.24, 2.45) is 0 Å². The molecule has 1 aromatic heterocycles. The van der Waals surface area contributed by atoms with E-state index in [1.807, 2.05) is 18.2 Å². The van der Waals surface area contributed by atoms with E-state index in [0.29, 0.717) is 6.42 Å². The highest BCUT2D eigenvalue weighted by Crippen LogP contribution is 2.36. The lowest BCUT2D eigenvalue weighted by molar-refractivity contribution is 0.174. The predicted octanol–water partition coefficient (Wildman–Crippen LogP) is 2.93.